The molecule has 0 atom stereocenters. The van der Waals surface area contributed by atoms with E-state index in [4.69, 9.17) is 4.74 Å². The first-order chi connectivity index (χ1) is 9.26. The number of thiophene rings is 1. The number of carbonyl (C=O) groups excluding carboxylic acids is 1. The highest BCUT2D eigenvalue weighted by Crippen LogP contribution is 2.40. The largest absolute Gasteiger partial charge is 0.382 e. The van der Waals surface area contributed by atoms with Gasteiger partial charge in [0.1, 0.15) is 0 Å². The molecule has 0 radical (unpaired) electrons. The smallest absolute Gasteiger partial charge is 0.261 e. The molecule has 1 aliphatic carbocycles. The van der Waals surface area contributed by atoms with E-state index in [1.54, 1.807) is 0 Å². The third-order valence-corrected chi connectivity index (χ3v) is 4.88. The Hall–Kier alpha value is -0.870. The van der Waals surface area contributed by atoms with E-state index >= 15 is 0 Å². The molecule has 0 bridgehead atoms. The van der Waals surface area contributed by atoms with Gasteiger partial charge in [0.05, 0.1) is 4.88 Å². The molecule has 0 aromatic carbocycles. The van der Waals surface area contributed by atoms with E-state index in [9.17, 15) is 4.79 Å². The zero-order chi connectivity index (χ0) is 13.6. The van der Waals surface area contributed by atoms with Crippen LogP contribution in [0.5, 0.6) is 0 Å². The molecule has 1 heterocycles. The molecule has 3 nitrogen and oxygen atoms in total. The number of carbonyl (C=O) groups is 1. The molecule has 2 rings (SSSR count). The first-order valence-electron chi connectivity index (χ1n) is 7.15. The van der Waals surface area contributed by atoms with E-state index in [-0.39, 0.29) is 11.3 Å². The van der Waals surface area contributed by atoms with E-state index in [0.717, 1.165) is 31.1 Å². The molecule has 0 spiro atoms. The van der Waals surface area contributed by atoms with Crippen LogP contribution in [0, 0.1) is 5.41 Å². The fraction of sp³-hybridized carbons (Fsp3) is 0.667. The van der Waals surface area contributed by atoms with E-state index in [1.807, 2.05) is 24.4 Å². The SMILES string of the molecule is CCOCCC1(CNC(=O)c2cccs2)CCCC1. The summed E-state index contributed by atoms with van der Waals surface area (Å²) in [5.74, 6) is 0.0673. The summed E-state index contributed by atoms with van der Waals surface area (Å²) in [6, 6.07) is 3.79. The van der Waals surface area contributed by atoms with Crippen LogP contribution >= 0.6 is 11.3 Å². The normalized spacial score (nSPS) is 17.5. The zero-order valence-corrected chi connectivity index (χ0v) is 12.4. The fourth-order valence-electron chi connectivity index (χ4n) is 2.84. The van der Waals surface area contributed by atoms with Crippen LogP contribution in [0.3, 0.4) is 0 Å². The van der Waals surface area contributed by atoms with Crippen LogP contribution in [0.25, 0.3) is 0 Å². The van der Waals surface area contributed by atoms with Crippen LogP contribution in [0.1, 0.15) is 48.7 Å². The van der Waals surface area contributed by atoms with Crippen molar-refractivity contribution in [2.45, 2.75) is 39.0 Å². The van der Waals surface area contributed by atoms with Gasteiger partial charge in [-0.05, 0) is 43.0 Å². The highest BCUT2D eigenvalue weighted by Gasteiger charge is 2.33. The van der Waals surface area contributed by atoms with Gasteiger partial charge in [0.15, 0.2) is 0 Å². The Balaban J connectivity index is 1.84. The molecule has 1 aromatic heterocycles. The lowest BCUT2D eigenvalue weighted by Gasteiger charge is -2.29. The first-order valence-corrected chi connectivity index (χ1v) is 8.03. The number of nitrogens with one attached hydrogen (secondary N) is 1. The molecule has 1 amide bonds. The van der Waals surface area contributed by atoms with Crippen molar-refractivity contribution in [1.29, 1.82) is 0 Å². The van der Waals surface area contributed by atoms with Crippen molar-refractivity contribution < 1.29 is 9.53 Å². The van der Waals surface area contributed by atoms with Crippen molar-refractivity contribution in [2.24, 2.45) is 5.41 Å². The topological polar surface area (TPSA) is 38.3 Å². The lowest BCUT2D eigenvalue weighted by Crippen LogP contribution is -2.36. The molecule has 1 aliphatic rings. The second kappa shape index (κ2) is 7.06. The van der Waals surface area contributed by atoms with Gasteiger partial charge in [-0.2, -0.15) is 0 Å². The van der Waals surface area contributed by atoms with Crippen LogP contribution in [0.4, 0.5) is 0 Å². The summed E-state index contributed by atoms with van der Waals surface area (Å²) in [6.45, 7) is 4.40. The predicted molar refractivity (Wildman–Crippen MR) is 78.7 cm³/mol. The standard InChI is InChI=1S/C15H23NO2S/c1-2-18-10-9-15(7-3-4-8-15)12-16-14(17)13-6-5-11-19-13/h5-6,11H,2-4,7-10,12H2,1H3,(H,16,17). The average Bonchev–Trinajstić information content (AvgIpc) is 3.08. The van der Waals surface area contributed by atoms with Gasteiger partial charge in [0.25, 0.3) is 5.91 Å². The quantitative estimate of drug-likeness (QED) is 0.777. The summed E-state index contributed by atoms with van der Waals surface area (Å²) < 4.78 is 5.49. The Morgan fingerprint density at radius 1 is 1.47 bits per heavy atom. The van der Waals surface area contributed by atoms with E-state index < -0.39 is 0 Å². The third-order valence-electron chi connectivity index (χ3n) is 4.01. The molecule has 0 unspecified atom stereocenters. The van der Waals surface area contributed by atoms with E-state index in [2.05, 4.69) is 5.32 Å². The molecule has 1 fully saturated rings. The molecular formula is C15H23NO2S. The van der Waals surface area contributed by atoms with Crippen molar-refractivity contribution >= 4 is 17.2 Å². The molecule has 4 heteroatoms. The van der Waals surface area contributed by atoms with Crippen molar-refractivity contribution in [2.75, 3.05) is 19.8 Å². The van der Waals surface area contributed by atoms with Gasteiger partial charge in [-0.15, -0.1) is 11.3 Å². The minimum atomic E-state index is 0.0673. The molecule has 1 aromatic rings. The Labute approximate surface area is 119 Å². The highest BCUT2D eigenvalue weighted by molar-refractivity contribution is 7.12. The first kappa shape index (κ1) is 14.5. The van der Waals surface area contributed by atoms with Gasteiger partial charge < -0.3 is 10.1 Å². The number of hydrogen-bond acceptors (Lipinski definition) is 3. The monoisotopic (exact) mass is 281 g/mol. The minimum absolute atomic E-state index is 0.0673. The maximum Gasteiger partial charge on any atom is 0.261 e. The molecule has 19 heavy (non-hydrogen) atoms. The highest BCUT2D eigenvalue weighted by atomic mass is 32.1. The summed E-state index contributed by atoms with van der Waals surface area (Å²) in [7, 11) is 0. The Morgan fingerprint density at radius 3 is 2.89 bits per heavy atom. The zero-order valence-electron chi connectivity index (χ0n) is 11.6. The van der Waals surface area contributed by atoms with E-state index in [0.29, 0.717) is 0 Å². The number of ether oxygens (including phenoxy) is 1. The van der Waals surface area contributed by atoms with Crippen molar-refractivity contribution in [3.63, 3.8) is 0 Å². The molecule has 0 aliphatic heterocycles. The van der Waals surface area contributed by atoms with E-state index in [1.165, 1.54) is 37.0 Å². The summed E-state index contributed by atoms with van der Waals surface area (Å²) in [5, 5.41) is 5.05. The average molecular weight is 281 g/mol. The number of hydrogen-bond donors (Lipinski definition) is 1. The number of amides is 1. The predicted octanol–water partition coefficient (Wildman–Crippen LogP) is 3.46. The summed E-state index contributed by atoms with van der Waals surface area (Å²) in [4.78, 5) is 12.8. The van der Waals surface area contributed by atoms with Gasteiger partial charge in [-0.1, -0.05) is 18.9 Å². The Kier molecular flexibility index (Phi) is 5.40. The van der Waals surface area contributed by atoms with Crippen LogP contribution in [0.15, 0.2) is 17.5 Å². The summed E-state index contributed by atoms with van der Waals surface area (Å²) in [5.41, 5.74) is 0.266. The summed E-state index contributed by atoms with van der Waals surface area (Å²) >= 11 is 1.50. The lowest BCUT2D eigenvalue weighted by molar-refractivity contribution is 0.0866. The molecule has 106 valence electrons. The maximum atomic E-state index is 12.0. The molecular weight excluding hydrogens is 258 g/mol. The molecule has 1 N–H and O–H groups in total. The molecule has 0 saturated heterocycles. The van der Waals surface area contributed by atoms with Crippen LogP contribution in [0.2, 0.25) is 0 Å². The Bertz CT molecular complexity index is 383. The third kappa shape index (κ3) is 4.05. The van der Waals surface area contributed by atoms with Crippen molar-refractivity contribution in [3.8, 4) is 0 Å². The fourth-order valence-corrected chi connectivity index (χ4v) is 3.48. The maximum absolute atomic E-state index is 12.0. The Morgan fingerprint density at radius 2 is 2.26 bits per heavy atom. The second-order valence-electron chi connectivity index (χ2n) is 5.31. The van der Waals surface area contributed by atoms with Crippen molar-refractivity contribution in [1.82, 2.24) is 5.32 Å². The van der Waals surface area contributed by atoms with Crippen molar-refractivity contribution in [3.05, 3.63) is 22.4 Å². The second-order valence-corrected chi connectivity index (χ2v) is 6.26. The van der Waals surface area contributed by atoms with Crippen LogP contribution in [-0.2, 0) is 4.74 Å². The van der Waals surface area contributed by atoms with Gasteiger partial charge in [0, 0.05) is 19.8 Å². The van der Waals surface area contributed by atoms with Crippen LogP contribution < -0.4 is 5.32 Å². The molecule has 1 saturated carbocycles. The van der Waals surface area contributed by atoms with Crippen LogP contribution in [-0.4, -0.2) is 25.7 Å². The van der Waals surface area contributed by atoms with Gasteiger partial charge in [-0.3, -0.25) is 4.79 Å². The minimum Gasteiger partial charge on any atom is -0.382 e. The lowest BCUT2D eigenvalue weighted by atomic mass is 9.83. The number of rotatable bonds is 7. The summed E-state index contributed by atoms with van der Waals surface area (Å²) in [6.07, 6.45) is 6.04. The van der Waals surface area contributed by atoms with Gasteiger partial charge in [0.2, 0.25) is 0 Å². The van der Waals surface area contributed by atoms with Gasteiger partial charge >= 0.3 is 0 Å². The van der Waals surface area contributed by atoms with Gasteiger partial charge in [-0.25, -0.2) is 0 Å².